The highest BCUT2D eigenvalue weighted by Gasteiger charge is 2.03. The number of H-pyrrole nitrogens is 1. The lowest BCUT2D eigenvalue weighted by Gasteiger charge is -2.00. The van der Waals surface area contributed by atoms with Gasteiger partial charge in [0.05, 0.1) is 11.9 Å². The minimum Gasteiger partial charge on any atom is -0.342 e. The van der Waals surface area contributed by atoms with Gasteiger partial charge >= 0.3 is 0 Å². The highest BCUT2D eigenvalue weighted by Crippen LogP contribution is 2.19. The van der Waals surface area contributed by atoms with Gasteiger partial charge in [-0.05, 0) is 37.6 Å². The third-order valence-electron chi connectivity index (χ3n) is 2.17. The summed E-state index contributed by atoms with van der Waals surface area (Å²) in [6, 6.07) is 5.03. The average Bonchev–Trinajstić information content (AvgIpc) is 2.57. The number of hydrogen-bond acceptors (Lipinski definition) is 1. The Labute approximate surface area is 81.8 Å². The maximum absolute atomic E-state index is 13.0. The summed E-state index contributed by atoms with van der Waals surface area (Å²) in [7, 11) is 0. The van der Waals surface area contributed by atoms with Crippen molar-refractivity contribution in [3.63, 3.8) is 0 Å². The number of aromatic amines is 1. The molecule has 0 fully saturated rings. The molecule has 0 amide bonds. The first kappa shape index (κ1) is 8.94. The topological polar surface area (TPSA) is 28.7 Å². The molecule has 2 aromatic rings. The molecule has 0 saturated heterocycles. The van der Waals surface area contributed by atoms with E-state index in [9.17, 15) is 4.39 Å². The van der Waals surface area contributed by atoms with Crippen molar-refractivity contribution < 1.29 is 4.39 Å². The van der Waals surface area contributed by atoms with Crippen LogP contribution in [0.25, 0.3) is 11.3 Å². The summed E-state index contributed by atoms with van der Waals surface area (Å²) in [6.07, 6.45) is 1.75. The Balaban J connectivity index is 2.47. The predicted molar refractivity (Wildman–Crippen MR) is 53.5 cm³/mol. The molecular weight excluding hydrogens is 179 g/mol. The van der Waals surface area contributed by atoms with E-state index in [1.165, 1.54) is 6.07 Å². The number of nitrogens with zero attached hydrogens (tertiary/aromatic N) is 1. The van der Waals surface area contributed by atoms with Crippen LogP contribution < -0.4 is 0 Å². The summed E-state index contributed by atoms with van der Waals surface area (Å²) in [4.78, 5) is 7.20. The van der Waals surface area contributed by atoms with Crippen LogP contribution in [-0.2, 0) is 0 Å². The van der Waals surface area contributed by atoms with E-state index in [4.69, 9.17) is 0 Å². The summed E-state index contributed by atoms with van der Waals surface area (Å²) in [5.74, 6) is 0.687. The van der Waals surface area contributed by atoms with Crippen LogP contribution in [0.4, 0.5) is 4.39 Å². The molecule has 0 radical (unpaired) electrons. The number of nitrogens with one attached hydrogen (secondary N) is 1. The maximum Gasteiger partial charge on any atom is 0.126 e. The average molecular weight is 190 g/mol. The zero-order chi connectivity index (χ0) is 10.1. The SMILES string of the molecule is Cc1ncc(-c2ccc(F)c(C)c2)[nH]1. The number of aromatic nitrogens is 2. The molecule has 2 rings (SSSR count). The normalized spacial score (nSPS) is 10.5. The van der Waals surface area contributed by atoms with Crippen LogP contribution in [0.5, 0.6) is 0 Å². The third kappa shape index (κ3) is 1.53. The number of benzene rings is 1. The fraction of sp³-hybridized carbons (Fsp3) is 0.182. The van der Waals surface area contributed by atoms with Gasteiger partial charge in [0.2, 0.25) is 0 Å². The van der Waals surface area contributed by atoms with Gasteiger partial charge in [-0.3, -0.25) is 0 Å². The molecule has 72 valence electrons. The van der Waals surface area contributed by atoms with Crippen LogP contribution in [0.3, 0.4) is 0 Å². The van der Waals surface area contributed by atoms with Gasteiger partial charge in [0.15, 0.2) is 0 Å². The van der Waals surface area contributed by atoms with Crippen molar-refractivity contribution in [3.8, 4) is 11.3 Å². The van der Waals surface area contributed by atoms with Gasteiger partial charge < -0.3 is 4.98 Å². The van der Waals surface area contributed by atoms with Crippen molar-refractivity contribution >= 4 is 0 Å². The lowest BCUT2D eigenvalue weighted by molar-refractivity contribution is 0.619. The molecule has 0 saturated carbocycles. The van der Waals surface area contributed by atoms with Gasteiger partial charge in [-0.15, -0.1) is 0 Å². The minimum absolute atomic E-state index is 0.176. The van der Waals surface area contributed by atoms with Crippen LogP contribution in [0.1, 0.15) is 11.4 Å². The lowest BCUT2D eigenvalue weighted by Crippen LogP contribution is -1.84. The molecule has 0 aliphatic rings. The highest BCUT2D eigenvalue weighted by atomic mass is 19.1. The van der Waals surface area contributed by atoms with E-state index in [1.807, 2.05) is 13.0 Å². The largest absolute Gasteiger partial charge is 0.342 e. The first-order valence-electron chi connectivity index (χ1n) is 4.45. The summed E-state index contributed by atoms with van der Waals surface area (Å²) < 4.78 is 13.0. The fourth-order valence-electron chi connectivity index (χ4n) is 1.38. The number of halogens is 1. The summed E-state index contributed by atoms with van der Waals surface area (Å²) in [6.45, 7) is 3.64. The highest BCUT2D eigenvalue weighted by molar-refractivity contribution is 5.59. The van der Waals surface area contributed by atoms with Crippen molar-refractivity contribution in [3.05, 3.63) is 41.6 Å². The second kappa shape index (κ2) is 3.25. The standard InChI is InChI=1S/C11H11FN2/c1-7-5-9(3-4-10(7)12)11-6-13-8(2)14-11/h3-6H,1-2H3,(H,13,14). The maximum atomic E-state index is 13.0. The Morgan fingerprint density at radius 2 is 2.07 bits per heavy atom. The van der Waals surface area contributed by atoms with Gasteiger partial charge in [0.25, 0.3) is 0 Å². The molecule has 0 unspecified atom stereocenters. The summed E-state index contributed by atoms with van der Waals surface area (Å²) in [5.41, 5.74) is 2.53. The van der Waals surface area contributed by atoms with Crippen LogP contribution in [-0.4, -0.2) is 9.97 Å². The first-order chi connectivity index (χ1) is 6.66. The smallest absolute Gasteiger partial charge is 0.126 e. The Hall–Kier alpha value is -1.64. The minimum atomic E-state index is -0.176. The molecule has 0 atom stereocenters. The molecule has 2 nitrogen and oxygen atoms in total. The van der Waals surface area contributed by atoms with Gasteiger partial charge in [0, 0.05) is 5.56 Å². The van der Waals surface area contributed by atoms with E-state index in [1.54, 1.807) is 19.2 Å². The lowest BCUT2D eigenvalue weighted by atomic mass is 10.1. The fourth-order valence-corrected chi connectivity index (χ4v) is 1.38. The molecule has 1 aromatic carbocycles. The van der Waals surface area contributed by atoms with Crippen molar-refractivity contribution in [1.82, 2.24) is 9.97 Å². The Morgan fingerprint density at radius 1 is 1.29 bits per heavy atom. The predicted octanol–water partition coefficient (Wildman–Crippen LogP) is 2.83. The number of hydrogen-bond donors (Lipinski definition) is 1. The second-order valence-corrected chi connectivity index (χ2v) is 3.35. The van der Waals surface area contributed by atoms with Gasteiger partial charge in [-0.25, -0.2) is 9.37 Å². The molecule has 0 aliphatic carbocycles. The quantitative estimate of drug-likeness (QED) is 0.736. The van der Waals surface area contributed by atoms with Crippen LogP contribution in [0.2, 0.25) is 0 Å². The molecular formula is C11H11FN2. The van der Waals surface area contributed by atoms with Crippen LogP contribution in [0, 0.1) is 19.7 Å². The monoisotopic (exact) mass is 190 g/mol. The van der Waals surface area contributed by atoms with E-state index >= 15 is 0 Å². The molecule has 0 bridgehead atoms. The zero-order valence-corrected chi connectivity index (χ0v) is 8.13. The summed E-state index contributed by atoms with van der Waals surface area (Å²) >= 11 is 0. The van der Waals surface area contributed by atoms with E-state index in [2.05, 4.69) is 9.97 Å². The number of imidazole rings is 1. The summed E-state index contributed by atoms with van der Waals surface area (Å²) in [5, 5.41) is 0. The van der Waals surface area contributed by atoms with Gasteiger partial charge in [0.1, 0.15) is 11.6 Å². The molecule has 0 aliphatic heterocycles. The van der Waals surface area contributed by atoms with E-state index in [0.29, 0.717) is 5.56 Å². The van der Waals surface area contributed by atoms with Gasteiger partial charge in [-0.2, -0.15) is 0 Å². The van der Waals surface area contributed by atoms with Crippen LogP contribution in [0.15, 0.2) is 24.4 Å². The van der Waals surface area contributed by atoms with Crippen molar-refractivity contribution in [2.45, 2.75) is 13.8 Å². The van der Waals surface area contributed by atoms with Crippen molar-refractivity contribution in [1.29, 1.82) is 0 Å². The van der Waals surface area contributed by atoms with Crippen molar-refractivity contribution in [2.24, 2.45) is 0 Å². The molecule has 0 spiro atoms. The first-order valence-corrected chi connectivity index (χ1v) is 4.45. The Morgan fingerprint density at radius 3 is 2.64 bits per heavy atom. The molecule has 1 N–H and O–H groups in total. The number of aryl methyl sites for hydroxylation is 2. The van der Waals surface area contributed by atoms with E-state index in [-0.39, 0.29) is 5.82 Å². The number of rotatable bonds is 1. The van der Waals surface area contributed by atoms with E-state index in [0.717, 1.165) is 17.1 Å². The third-order valence-corrected chi connectivity index (χ3v) is 2.17. The molecule has 1 heterocycles. The molecule has 1 aromatic heterocycles. The van der Waals surface area contributed by atoms with Crippen LogP contribution >= 0.6 is 0 Å². The Bertz CT molecular complexity index is 460. The molecule has 3 heteroatoms. The Kier molecular flexibility index (Phi) is 2.08. The van der Waals surface area contributed by atoms with Crippen molar-refractivity contribution in [2.75, 3.05) is 0 Å². The zero-order valence-electron chi connectivity index (χ0n) is 8.13. The molecule has 14 heavy (non-hydrogen) atoms. The van der Waals surface area contributed by atoms with Gasteiger partial charge in [-0.1, -0.05) is 0 Å². The van der Waals surface area contributed by atoms with E-state index < -0.39 is 0 Å². The second-order valence-electron chi connectivity index (χ2n) is 3.35.